The first kappa shape index (κ1) is 18.3. The van der Waals surface area contributed by atoms with E-state index >= 15 is 0 Å². The topological polar surface area (TPSA) is 30.5 Å². The van der Waals surface area contributed by atoms with Crippen LogP contribution >= 0.6 is 15.9 Å². The molecule has 0 atom stereocenters. The second kappa shape index (κ2) is 8.77. The van der Waals surface area contributed by atoms with E-state index in [9.17, 15) is 0 Å². The zero-order chi connectivity index (χ0) is 18.4. The van der Waals surface area contributed by atoms with Gasteiger partial charge in [0.15, 0.2) is 0 Å². The Labute approximate surface area is 163 Å². The van der Waals surface area contributed by atoms with E-state index in [2.05, 4.69) is 46.4 Å². The Bertz CT molecular complexity index is 862. The number of aryl methyl sites for hydroxylation is 1. The highest BCUT2D eigenvalue weighted by atomic mass is 79.9. The van der Waals surface area contributed by atoms with Crippen molar-refractivity contribution < 1.29 is 9.47 Å². The van der Waals surface area contributed by atoms with Gasteiger partial charge in [0, 0.05) is 22.3 Å². The van der Waals surface area contributed by atoms with E-state index < -0.39 is 0 Å². The van der Waals surface area contributed by atoms with Gasteiger partial charge in [0.25, 0.3) is 0 Å². The van der Waals surface area contributed by atoms with Crippen LogP contribution in [0.5, 0.6) is 11.5 Å². The van der Waals surface area contributed by atoms with Crippen LogP contribution in [-0.2, 0) is 13.2 Å². The third-order valence-corrected chi connectivity index (χ3v) is 4.73. The summed E-state index contributed by atoms with van der Waals surface area (Å²) in [6, 6.07) is 22.3. The molecule has 1 N–H and O–H groups in total. The number of hydrogen-bond donors (Lipinski definition) is 1. The Balaban J connectivity index is 1.70. The smallest absolute Gasteiger partial charge is 0.124 e. The van der Waals surface area contributed by atoms with Crippen molar-refractivity contribution in [1.29, 1.82) is 0 Å². The molecule has 4 heteroatoms. The SMILES string of the molecule is COc1ccc(NCc2cc(Br)ccc2OCc2ccccc2C)cc1. The van der Waals surface area contributed by atoms with Crippen molar-refractivity contribution in [3.05, 3.63) is 87.9 Å². The van der Waals surface area contributed by atoms with Gasteiger partial charge in [0.05, 0.1) is 7.11 Å². The van der Waals surface area contributed by atoms with Gasteiger partial charge in [0.1, 0.15) is 18.1 Å². The Morgan fingerprint density at radius 3 is 2.42 bits per heavy atom. The van der Waals surface area contributed by atoms with E-state index in [1.165, 1.54) is 11.1 Å². The monoisotopic (exact) mass is 411 g/mol. The molecule has 0 aliphatic heterocycles. The van der Waals surface area contributed by atoms with Gasteiger partial charge in [-0.05, 0) is 60.5 Å². The van der Waals surface area contributed by atoms with Crippen LogP contribution in [0.25, 0.3) is 0 Å². The van der Waals surface area contributed by atoms with Crippen LogP contribution in [0.2, 0.25) is 0 Å². The number of ether oxygens (including phenoxy) is 2. The Kier molecular flexibility index (Phi) is 6.18. The van der Waals surface area contributed by atoms with Crippen molar-refractivity contribution in [3.8, 4) is 11.5 Å². The van der Waals surface area contributed by atoms with Gasteiger partial charge in [-0.15, -0.1) is 0 Å². The number of methoxy groups -OCH3 is 1. The van der Waals surface area contributed by atoms with Gasteiger partial charge >= 0.3 is 0 Å². The summed E-state index contributed by atoms with van der Waals surface area (Å²) in [4.78, 5) is 0. The van der Waals surface area contributed by atoms with Crippen LogP contribution in [0.1, 0.15) is 16.7 Å². The number of rotatable bonds is 7. The van der Waals surface area contributed by atoms with Crippen LogP contribution in [-0.4, -0.2) is 7.11 Å². The van der Waals surface area contributed by atoms with Crippen molar-refractivity contribution in [2.75, 3.05) is 12.4 Å². The molecule has 0 fully saturated rings. The minimum absolute atomic E-state index is 0.559. The minimum atomic E-state index is 0.559. The van der Waals surface area contributed by atoms with Crippen molar-refractivity contribution in [3.63, 3.8) is 0 Å². The van der Waals surface area contributed by atoms with Crippen molar-refractivity contribution in [2.45, 2.75) is 20.1 Å². The number of hydrogen-bond acceptors (Lipinski definition) is 3. The number of anilines is 1. The van der Waals surface area contributed by atoms with E-state index in [1.54, 1.807) is 7.11 Å². The molecule has 26 heavy (non-hydrogen) atoms. The van der Waals surface area contributed by atoms with Gasteiger partial charge < -0.3 is 14.8 Å². The molecule has 3 nitrogen and oxygen atoms in total. The lowest BCUT2D eigenvalue weighted by molar-refractivity contribution is 0.302. The predicted molar refractivity (Wildman–Crippen MR) is 110 cm³/mol. The maximum absolute atomic E-state index is 6.10. The van der Waals surface area contributed by atoms with Crippen LogP contribution in [0.3, 0.4) is 0 Å². The third kappa shape index (κ3) is 4.79. The van der Waals surface area contributed by atoms with Gasteiger partial charge in [0.2, 0.25) is 0 Å². The van der Waals surface area contributed by atoms with E-state index in [0.29, 0.717) is 13.2 Å². The molecule has 0 spiro atoms. The molecule has 0 saturated carbocycles. The third-order valence-electron chi connectivity index (χ3n) is 4.24. The minimum Gasteiger partial charge on any atom is -0.497 e. The van der Waals surface area contributed by atoms with E-state index in [-0.39, 0.29) is 0 Å². The lowest BCUT2D eigenvalue weighted by atomic mass is 10.1. The molecule has 0 aromatic heterocycles. The van der Waals surface area contributed by atoms with E-state index in [1.807, 2.05) is 48.5 Å². The van der Waals surface area contributed by atoms with Gasteiger partial charge in [-0.1, -0.05) is 40.2 Å². The van der Waals surface area contributed by atoms with Crippen LogP contribution < -0.4 is 14.8 Å². The summed E-state index contributed by atoms with van der Waals surface area (Å²) in [5, 5.41) is 3.43. The first-order valence-electron chi connectivity index (χ1n) is 8.49. The van der Waals surface area contributed by atoms with Gasteiger partial charge in [-0.2, -0.15) is 0 Å². The first-order chi connectivity index (χ1) is 12.7. The molecule has 0 amide bonds. The lowest BCUT2D eigenvalue weighted by Crippen LogP contribution is -2.04. The standard InChI is InChI=1S/C22H22BrNO2/c1-16-5-3-4-6-17(16)15-26-22-12-7-19(23)13-18(22)14-24-20-8-10-21(25-2)11-9-20/h3-13,24H,14-15H2,1-2H3. The molecule has 3 aromatic rings. The fourth-order valence-electron chi connectivity index (χ4n) is 2.66. The number of benzene rings is 3. The molecular formula is C22H22BrNO2. The molecule has 0 heterocycles. The zero-order valence-corrected chi connectivity index (χ0v) is 16.5. The molecule has 0 aliphatic carbocycles. The molecule has 0 unspecified atom stereocenters. The molecule has 0 aliphatic rings. The molecule has 0 saturated heterocycles. The van der Waals surface area contributed by atoms with Gasteiger partial charge in [-0.3, -0.25) is 0 Å². The molecule has 3 aromatic carbocycles. The molecule has 0 bridgehead atoms. The second-order valence-electron chi connectivity index (χ2n) is 6.05. The highest BCUT2D eigenvalue weighted by Crippen LogP contribution is 2.26. The molecule has 0 radical (unpaired) electrons. The summed E-state index contributed by atoms with van der Waals surface area (Å²) >= 11 is 3.55. The number of halogens is 1. The van der Waals surface area contributed by atoms with Crippen LogP contribution in [0, 0.1) is 6.92 Å². The van der Waals surface area contributed by atoms with Crippen LogP contribution in [0.4, 0.5) is 5.69 Å². The summed E-state index contributed by atoms with van der Waals surface area (Å²) in [6.45, 7) is 3.34. The Morgan fingerprint density at radius 1 is 0.923 bits per heavy atom. The fourth-order valence-corrected chi connectivity index (χ4v) is 3.07. The first-order valence-corrected chi connectivity index (χ1v) is 9.28. The maximum Gasteiger partial charge on any atom is 0.124 e. The van der Waals surface area contributed by atoms with Gasteiger partial charge in [-0.25, -0.2) is 0 Å². The average molecular weight is 412 g/mol. The average Bonchev–Trinajstić information content (AvgIpc) is 2.67. The predicted octanol–water partition coefficient (Wildman–Crippen LogP) is 5.96. The van der Waals surface area contributed by atoms with Crippen molar-refractivity contribution in [1.82, 2.24) is 0 Å². The summed E-state index contributed by atoms with van der Waals surface area (Å²) in [5.41, 5.74) is 4.58. The second-order valence-corrected chi connectivity index (χ2v) is 6.96. The number of nitrogens with one attached hydrogen (secondary N) is 1. The summed E-state index contributed by atoms with van der Waals surface area (Å²) in [5.74, 6) is 1.73. The largest absolute Gasteiger partial charge is 0.497 e. The van der Waals surface area contributed by atoms with Crippen molar-refractivity contribution >= 4 is 21.6 Å². The molecule has 134 valence electrons. The summed E-state index contributed by atoms with van der Waals surface area (Å²) < 4.78 is 12.3. The molecular weight excluding hydrogens is 390 g/mol. The van der Waals surface area contributed by atoms with Crippen LogP contribution in [0.15, 0.2) is 71.2 Å². The highest BCUT2D eigenvalue weighted by molar-refractivity contribution is 9.10. The summed E-state index contributed by atoms with van der Waals surface area (Å²) in [7, 11) is 1.67. The normalized spacial score (nSPS) is 10.4. The van der Waals surface area contributed by atoms with E-state index in [0.717, 1.165) is 27.2 Å². The quantitative estimate of drug-likeness (QED) is 0.520. The Morgan fingerprint density at radius 2 is 1.69 bits per heavy atom. The Hall–Kier alpha value is -2.46. The molecule has 3 rings (SSSR count). The lowest BCUT2D eigenvalue weighted by Gasteiger charge is -2.14. The van der Waals surface area contributed by atoms with E-state index in [4.69, 9.17) is 9.47 Å². The van der Waals surface area contributed by atoms with Crippen molar-refractivity contribution in [2.24, 2.45) is 0 Å². The highest BCUT2D eigenvalue weighted by Gasteiger charge is 2.07. The fraction of sp³-hybridized carbons (Fsp3) is 0.182. The maximum atomic E-state index is 6.10. The zero-order valence-electron chi connectivity index (χ0n) is 15.0. The summed E-state index contributed by atoms with van der Waals surface area (Å²) in [6.07, 6.45) is 0.